The van der Waals surface area contributed by atoms with Crippen molar-refractivity contribution >= 4 is 27.8 Å². The molecule has 0 aliphatic rings. The van der Waals surface area contributed by atoms with Gasteiger partial charge in [-0.3, -0.25) is 9.89 Å². The molecule has 0 atom stereocenters. The van der Waals surface area contributed by atoms with E-state index in [1.165, 1.54) is 6.07 Å². The molecule has 5 nitrogen and oxygen atoms in total. The molecule has 0 bridgehead atoms. The molecule has 6 heteroatoms. The third kappa shape index (κ3) is 2.04. The molecule has 3 aromatic rings. The Balaban J connectivity index is 2.25. The highest BCUT2D eigenvalue weighted by Gasteiger charge is 2.10. The van der Waals surface area contributed by atoms with E-state index in [4.69, 9.17) is 16.0 Å². The van der Waals surface area contributed by atoms with Crippen molar-refractivity contribution in [3.05, 3.63) is 52.5 Å². The molecule has 0 aliphatic carbocycles. The van der Waals surface area contributed by atoms with Gasteiger partial charge in [-0.05, 0) is 35.9 Å². The van der Waals surface area contributed by atoms with Crippen molar-refractivity contribution in [2.24, 2.45) is 0 Å². The average Bonchev–Trinajstić information content (AvgIpc) is 2.90. The Bertz CT molecular complexity index is 822. The van der Waals surface area contributed by atoms with Crippen LogP contribution >= 0.6 is 11.6 Å². The van der Waals surface area contributed by atoms with Crippen LogP contribution in [0.4, 0.5) is 0 Å². The Kier molecular flexibility index (Phi) is 2.68. The van der Waals surface area contributed by atoms with E-state index in [2.05, 4.69) is 10.2 Å². The normalized spacial score (nSPS) is 10.8. The number of H-pyrrole nitrogens is 1. The third-order valence-electron chi connectivity index (χ3n) is 2.75. The molecule has 0 amide bonds. The SMILES string of the molecule is O=C(Cl)c1ccc2cc(-c3ccn[nH]3)c(=O)oc2c1. The standard InChI is InChI=1S/C13H7ClN2O3/c14-12(17)8-2-1-7-5-9(10-3-4-15-16-10)13(18)19-11(7)6-8/h1-6H,(H,15,16). The van der Waals surface area contributed by atoms with Gasteiger partial charge in [-0.25, -0.2) is 4.79 Å². The lowest BCUT2D eigenvalue weighted by molar-refractivity contribution is 0.108. The van der Waals surface area contributed by atoms with Gasteiger partial charge in [0.05, 0.1) is 11.3 Å². The molecule has 0 radical (unpaired) electrons. The van der Waals surface area contributed by atoms with Crippen LogP contribution in [0.25, 0.3) is 22.2 Å². The summed E-state index contributed by atoms with van der Waals surface area (Å²) in [5, 5.41) is 6.60. The molecule has 0 saturated carbocycles. The molecule has 19 heavy (non-hydrogen) atoms. The maximum Gasteiger partial charge on any atom is 0.345 e. The minimum atomic E-state index is -0.595. The first-order valence-electron chi connectivity index (χ1n) is 5.42. The van der Waals surface area contributed by atoms with E-state index in [0.717, 1.165) is 0 Å². The fourth-order valence-corrected chi connectivity index (χ4v) is 1.94. The second-order valence-electron chi connectivity index (χ2n) is 3.94. The number of halogens is 1. The van der Waals surface area contributed by atoms with Crippen LogP contribution in [0.2, 0.25) is 0 Å². The zero-order chi connectivity index (χ0) is 13.4. The first kappa shape index (κ1) is 11.7. The second kappa shape index (κ2) is 4.37. The van der Waals surface area contributed by atoms with E-state index in [9.17, 15) is 9.59 Å². The van der Waals surface area contributed by atoms with Crippen LogP contribution in [-0.2, 0) is 0 Å². The minimum Gasteiger partial charge on any atom is -0.422 e. The molecular formula is C13H7ClN2O3. The smallest absolute Gasteiger partial charge is 0.345 e. The lowest BCUT2D eigenvalue weighted by Crippen LogP contribution is -2.03. The topological polar surface area (TPSA) is 76.0 Å². The predicted octanol–water partition coefficient (Wildman–Crippen LogP) is 2.56. The van der Waals surface area contributed by atoms with Crippen LogP contribution in [0, 0.1) is 0 Å². The van der Waals surface area contributed by atoms with Crippen LogP contribution in [0.15, 0.2) is 45.7 Å². The summed E-state index contributed by atoms with van der Waals surface area (Å²) >= 11 is 5.38. The van der Waals surface area contributed by atoms with Crippen LogP contribution in [0.3, 0.4) is 0 Å². The molecule has 94 valence electrons. The Morgan fingerprint density at radius 1 is 1.26 bits per heavy atom. The number of fused-ring (bicyclic) bond motifs is 1. The maximum absolute atomic E-state index is 11.9. The van der Waals surface area contributed by atoms with Gasteiger partial charge in [0.25, 0.3) is 5.24 Å². The molecular weight excluding hydrogens is 268 g/mol. The van der Waals surface area contributed by atoms with Crippen LogP contribution in [0.1, 0.15) is 10.4 Å². The average molecular weight is 275 g/mol. The number of carbonyl (C=O) groups excluding carboxylic acids is 1. The number of aromatic amines is 1. The summed E-state index contributed by atoms with van der Waals surface area (Å²) in [6, 6.07) is 8.05. The van der Waals surface area contributed by atoms with Gasteiger partial charge >= 0.3 is 5.63 Å². The molecule has 1 aromatic carbocycles. The summed E-state index contributed by atoms with van der Waals surface area (Å²) in [6.07, 6.45) is 1.55. The quantitative estimate of drug-likeness (QED) is 0.575. The highest BCUT2D eigenvalue weighted by atomic mass is 35.5. The molecule has 0 unspecified atom stereocenters. The molecule has 0 aliphatic heterocycles. The van der Waals surface area contributed by atoms with Crippen molar-refractivity contribution in [3.8, 4) is 11.3 Å². The van der Waals surface area contributed by atoms with Crippen molar-refractivity contribution in [2.45, 2.75) is 0 Å². The molecule has 2 heterocycles. The number of nitrogens with zero attached hydrogens (tertiary/aromatic N) is 1. The van der Waals surface area contributed by atoms with Gasteiger partial charge in [0.2, 0.25) is 0 Å². The van der Waals surface area contributed by atoms with Gasteiger partial charge in [-0.1, -0.05) is 6.07 Å². The molecule has 0 saturated heterocycles. The second-order valence-corrected chi connectivity index (χ2v) is 4.29. The van der Waals surface area contributed by atoms with Crippen LogP contribution in [-0.4, -0.2) is 15.4 Å². The summed E-state index contributed by atoms with van der Waals surface area (Å²) in [7, 11) is 0. The van der Waals surface area contributed by atoms with Gasteiger partial charge in [0.1, 0.15) is 5.58 Å². The first-order valence-corrected chi connectivity index (χ1v) is 5.80. The van der Waals surface area contributed by atoms with Gasteiger partial charge in [-0.2, -0.15) is 5.10 Å². The number of hydrogen-bond donors (Lipinski definition) is 1. The Morgan fingerprint density at radius 3 is 2.79 bits per heavy atom. The summed E-state index contributed by atoms with van der Waals surface area (Å²) in [6.45, 7) is 0. The van der Waals surface area contributed by atoms with E-state index < -0.39 is 10.9 Å². The van der Waals surface area contributed by atoms with Crippen molar-refractivity contribution < 1.29 is 9.21 Å². The number of rotatable bonds is 2. The lowest BCUT2D eigenvalue weighted by Gasteiger charge is -2.01. The third-order valence-corrected chi connectivity index (χ3v) is 2.97. The molecule has 2 aromatic heterocycles. The summed E-state index contributed by atoms with van der Waals surface area (Å²) in [5.74, 6) is 0. The molecule has 0 spiro atoms. The lowest BCUT2D eigenvalue weighted by atomic mass is 10.1. The van der Waals surface area contributed by atoms with E-state index in [0.29, 0.717) is 22.2 Å². The zero-order valence-corrected chi connectivity index (χ0v) is 10.3. The summed E-state index contributed by atoms with van der Waals surface area (Å²) in [5.41, 5.74) is 1.06. The van der Waals surface area contributed by atoms with Crippen molar-refractivity contribution in [3.63, 3.8) is 0 Å². The van der Waals surface area contributed by atoms with Crippen molar-refractivity contribution in [2.75, 3.05) is 0 Å². The Hall–Kier alpha value is -2.40. The van der Waals surface area contributed by atoms with E-state index in [1.54, 1.807) is 30.5 Å². The van der Waals surface area contributed by atoms with E-state index in [1.807, 2.05) is 0 Å². The number of carbonyl (C=O) groups is 1. The number of nitrogens with one attached hydrogen (secondary N) is 1. The van der Waals surface area contributed by atoms with Gasteiger partial charge in [0, 0.05) is 17.1 Å². The largest absolute Gasteiger partial charge is 0.422 e. The first-order chi connectivity index (χ1) is 9.15. The fraction of sp³-hybridized carbons (Fsp3) is 0. The number of aromatic nitrogens is 2. The monoisotopic (exact) mass is 274 g/mol. The highest BCUT2D eigenvalue weighted by Crippen LogP contribution is 2.21. The van der Waals surface area contributed by atoms with Gasteiger partial charge in [-0.15, -0.1) is 0 Å². The van der Waals surface area contributed by atoms with Crippen molar-refractivity contribution in [1.82, 2.24) is 10.2 Å². The van der Waals surface area contributed by atoms with Gasteiger partial charge < -0.3 is 4.42 Å². The number of benzene rings is 1. The van der Waals surface area contributed by atoms with Crippen LogP contribution < -0.4 is 5.63 Å². The Labute approximate surface area is 111 Å². The zero-order valence-electron chi connectivity index (χ0n) is 9.51. The van der Waals surface area contributed by atoms with E-state index >= 15 is 0 Å². The molecule has 0 fully saturated rings. The van der Waals surface area contributed by atoms with E-state index in [-0.39, 0.29) is 5.56 Å². The Morgan fingerprint density at radius 2 is 2.11 bits per heavy atom. The predicted molar refractivity (Wildman–Crippen MR) is 70.2 cm³/mol. The van der Waals surface area contributed by atoms with Crippen LogP contribution in [0.5, 0.6) is 0 Å². The maximum atomic E-state index is 11.9. The molecule has 3 rings (SSSR count). The minimum absolute atomic E-state index is 0.284. The summed E-state index contributed by atoms with van der Waals surface area (Å²) in [4.78, 5) is 22.9. The summed E-state index contributed by atoms with van der Waals surface area (Å²) < 4.78 is 5.19. The highest BCUT2D eigenvalue weighted by molar-refractivity contribution is 6.67. The fourth-order valence-electron chi connectivity index (χ4n) is 1.83. The number of hydrogen-bond acceptors (Lipinski definition) is 4. The van der Waals surface area contributed by atoms with Crippen molar-refractivity contribution in [1.29, 1.82) is 0 Å². The van der Waals surface area contributed by atoms with Gasteiger partial charge in [0.15, 0.2) is 0 Å². The molecule has 1 N–H and O–H groups in total.